The SMILES string of the molecule is COC(=O)[C@@H](C)N(C(=O)Cc1ccccc1)c1cc(C)cc(C)c1. The third kappa shape index (κ3) is 4.22. The minimum absolute atomic E-state index is 0.135. The summed E-state index contributed by atoms with van der Waals surface area (Å²) in [7, 11) is 1.33. The lowest BCUT2D eigenvalue weighted by Crippen LogP contribution is -2.45. The molecule has 4 nitrogen and oxygen atoms in total. The molecule has 0 spiro atoms. The van der Waals surface area contributed by atoms with Gasteiger partial charge >= 0.3 is 5.97 Å². The summed E-state index contributed by atoms with van der Waals surface area (Å²) < 4.78 is 4.84. The summed E-state index contributed by atoms with van der Waals surface area (Å²) in [6.45, 7) is 5.63. The maximum atomic E-state index is 12.9. The molecule has 0 bridgehead atoms. The lowest BCUT2D eigenvalue weighted by molar-refractivity contribution is -0.143. The van der Waals surface area contributed by atoms with Crippen molar-refractivity contribution in [2.24, 2.45) is 0 Å². The fourth-order valence-corrected chi connectivity index (χ4v) is 2.80. The first-order valence-corrected chi connectivity index (χ1v) is 7.94. The Hall–Kier alpha value is -2.62. The normalized spacial score (nSPS) is 11.7. The van der Waals surface area contributed by atoms with Crippen molar-refractivity contribution in [1.82, 2.24) is 0 Å². The van der Waals surface area contributed by atoms with Crippen LogP contribution in [0.5, 0.6) is 0 Å². The van der Waals surface area contributed by atoms with Gasteiger partial charge in [-0.05, 0) is 49.6 Å². The first-order valence-electron chi connectivity index (χ1n) is 7.94. The Morgan fingerprint density at radius 3 is 2.17 bits per heavy atom. The second-order valence-corrected chi connectivity index (χ2v) is 5.97. The largest absolute Gasteiger partial charge is 0.467 e. The van der Waals surface area contributed by atoms with Crippen LogP contribution in [0.2, 0.25) is 0 Å². The maximum Gasteiger partial charge on any atom is 0.328 e. The molecule has 126 valence electrons. The Labute approximate surface area is 143 Å². The molecule has 0 heterocycles. The number of anilines is 1. The van der Waals surface area contributed by atoms with Crippen LogP contribution < -0.4 is 4.90 Å². The van der Waals surface area contributed by atoms with E-state index in [2.05, 4.69) is 0 Å². The predicted octanol–water partition coefficient (Wildman–Crippen LogP) is 3.44. The number of ether oxygens (including phenoxy) is 1. The zero-order valence-corrected chi connectivity index (χ0v) is 14.6. The van der Waals surface area contributed by atoms with E-state index in [1.807, 2.05) is 62.4 Å². The van der Waals surface area contributed by atoms with Gasteiger partial charge in [0, 0.05) is 5.69 Å². The fraction of sp³-hybridized carbons (Fsp3) is 0.300. The first kappa shape index (κ1) is 17.7. The molecule has 1 amide bonds. The van der Waals surface area contributed by atoms with E-state index in [-0.39, 0.29) is 12.3 Å². The molecule has 2 aromatic rings. The average Bonchev–Trinajstić information content (AvgIpc) is 2.54. The number of benzene rings is 2. The van der Waals surface area contributed by atoms with Gasteiger partial charge in [0.05, 0.1) is 13.5 Å². The summed E-state index contributed by atoms with van der Waals surface area (Å²) >= 11 is 0. The molecular weight excluding hydrogens is 302 g/mol. The van der Waals surface area contributed by atoms with E-state index in [0.29, 0.717) is 5.69 Å². The Balaban J connectivity index is 2.38. The number of methoxy groups -OCH3 is 1. The van der Waals surface area contributed by atoms with E-state index >= 15 is 0 Å². The lowest BCUT2D eigenvalue weighted by Gasteiger charge is -2.28. The second kappa shape index (κ2) is 7.77. The number of esters is 1. The standard InChI is InChI=1S/C20H23NO3/c1-14-10-15(2)12-18(11-14)21(16(3)20(23)24-4)19(22)13-17-8-6-5-7-9-17/h5-12,16H,13H2,1-4H3/t16-/m1/s1. The van der Waals surface area contributed by atoms with E-state index in [1.165, 1.54) is 12.0 Å². The van der Waals surface area contributed by atoms with E-state index in [4.69, 9.17) is 4.74 Å². The third-order valence-corrected chi connectivity index (χ3v) is 3.88. The zero-order chi connectivity index (χ0) is 17.7. The minimum Gasteiger partial charge on any atom is -0.467 e. The van der Waals surface area contributed by atoms with Gasteiger partial charge in [0.15, 0.2) is 0 Å². The second-order valence-electron chi connectivity index (χ2n) is 5.97. The summed E-state index contributed by atoms with van der Waals surface area (Å²) in [6.07, 6.45) is 0.231. The number of aryl methyl sites for hydroxylation is 2. The summed E-state index contributed by atoms with van der Waals surface area (Å²) in [6, 6.07) is 14.7. The third-order valence-electron chi connectivity index (χ3n) is 3.88. The van der Waals surface area contributed by atoms with Gasteiger partial charge in [0.1, 0.15) is 6.04 Å². The first-order chi connectivity index (χ1) is 11.4. The van der Waals surface area contributed by atoms with Crippen LogP contribution in [0.15, 0.2) is 48.5 Å². The van der Waals surface area contributed by atoms with Gasteiger partial charge in [-0.1, -0.05) is 36.4 Å². The van der Waals surface area contributed by atoms with Gasteiger partial charge in [0.25, 0.3) is 0 Å². The highest BCUT2D eigenvalue weighted by Crippen LogP contribution is 2.23. The number of hydrogen-bond acceptors (Lipinski definition) is 3. The van der Waals surface area contributed by atoms with Crippen molar-refractivity contribution in [3.63, 3.8) is 0 Å². The van der Waals surface area contributed by atoms with Crippen molar-refractivity contribution in [3.8, 4) is 0 Å². The monoisotopic (exact) mass is 325 g/mol. The lowest BCUT2D eigenvalue weighted by atomic mass is 10.1. The van der Waals surface area contributed by atoms with Crippen LogP contribution in [-0.2, 0) is 20.7 Å². The molecule has 24 heavy (non-hydrogen) atoms. The van der Waals surface area contributed by atoms with Crippen LogP contribution in [0.1, 0.15) is 23.6 Å². The van der Waals surface area contributed by atoms with E-state index in [1.54, 1.807) is 6.92 Å². The van der Waals surface area contributed by atoms with E-state index < -0.39 is 12.0 Å². The Kier molecular flexibility index (Phi) is 5.74. The molecule has 0 aliphatic rings. The van der Waals surface area contributed by atoms with Crippen molar-refractivity contribution < 1.29 is 14.3 Å². The molecule has 2 rings (SSSR count). The Morgan fingerprint density at radius 2 is 1.62 bits per heavy atom. The molecule has 0 radical (unpaired) electrons. The summed E-state index contributed by atoms with van der Waals surface area (Å²) in [5.74, 6) is -0.570. The molecule has 0 aliphatic heterocycles. The Bertz CT molecular complexity index is 705. The molecule has 0 aliphatic carbocycles. The molecule has 0 N–H and O–H groups in total. The van der Waals surface area contributed by atoms with Crippen LogP contribution in [-0.4, -0.2) is 25.0 Å². The van der Waals surface area contributed by atoms with Crippen LogP contribution in [0.25, 0.3) is 0 Å². The summed E-state index contributed by atoms with van der Waals surface area (Å²) in [5.41, 5.74) is 3.71. The van der Waals surface area contributed by atoms with Crippen molar-refractivity contribution in [1.29, 1.82) is 0 Å². The summed E-state index contributed by atoms with van der Waals surface area (Å²) in [4.78, 5) is 26.5. The highest BCUT2D eigenvalue weighted by molar-refractivity contribution is 6.00. The van der Waals surface area contributed by atoms with Crippen molar-refractivity contribution >= 4 is 17.6 Å². The molecule has 0 fully saturated rings. The molecule has 0 saturated heterocycles. The van der Waals surface area contributed by atoms with Gasteiger partial charge in [-0.25, -0.2) is 4.79 Å². The fourth-order valence-electron chi connectivity index (χ4n) is 2.80. The van der Waals surface area contributed by atoms with Gasteiger partial charge in [-0.2, -0.15) is 0 Å². The quantitative estimate of drug-likeness (QED) is 0.791. The van der Waals surface area contributed by atoms with Gasteiger partial charge in [-0.15, -0.1) is 0 Å². The number of amides is 1. The molecule has 4 heteroatoms. The molecule has 2 aromatic carbocycles. The van der Waals surface area contributed by atoms with Gasteiger partial charge in [0.2, 0.25) is 5.91 Å². The van der Waals surface area contributed by atoms with Crippen LogP contribution in [0.4, 0.5) is 5.69 Å². The summed E-state index contributed by atoms with van der Waals surface area (Å²) in [5, 5.41) is 0. The van der Waals surface area contributed by atoms with E-state index in [0.717, 1.165) is 16.7 Å². The van der Waals surface area contributed by atoms with Crippen molar-refractivity contribution in [2.45, 2.75) is 33.2 Å². The number of carbonyl (C=O) groups is 2. The zero-order valence-electron chi connectivity index (χ0n) is 14.6. The highest BCUT2D eigenvalue weighted by Gasteiger charge is 2.28. The smallest absolute Gasteiger partial charge is 0.328 e. The van der Waals surface area contributed by atoms with Crippen molar-refractivity contribution in [3.05, 3.63) is 65.2 Å². The van der Waals surface area contributed by atoms with Crippen LogP contribution in [0.3, 0.4) is 0 Å². The molecule has 1 atom stereocenters. The van der Waals surface area contributed by atoms with Gasteiger partial charge < -0.3 is 4.74 Å². The topological polar surface area (TPSA) is 46.6 Å². The average molecular weight is 325 g/mol. The number of nitrogens with zero attached hydrogens (tertiary/aromatic N) is 1. The predicted molar refractivity (Wildman–Crippen MR) is 95.0 cm³/mol. The number of rotatable bonds is 5. The molecule has 0 aromatic heterocycles. The van der Waals surface area contributed by atoms with E-state index in [9.17, 15) is 9.59 Å². The Morgan fingerprint density at radius 1 is 1.04 bits per heavy atom. The van der Waals surface area contributed by atoms with Gasteiger partial charge in [-0.3, -0.25) is 9.69 Å². The minimum atomic E-state index is -0.688. The molecule has 0 saturated carbocycles. The maximum absolute atomic E-state index is 12.9. The number of carbonyl (C=O) groups excluding carboxylic acids is 2. The van der Waals surface area contributed by atoms with Crippen LogP contribution in [0, 0.1) is 13.8 Å². The molecular formula is C20H23NO3. The van der Waals surface area contributed by atoms with Crippen LogP contribution >= 0.6 is 0 Å². The molecule has 0 unspecified atom stereocenters. The number of hydrogen-bond donors (Lipinski definition) is 0. The highest BCUT2D eigenvalue weighted by atomic mass is 16.5. The van der Waals surface area contributed by atoms with Crippen molar-refractivity contribution in [2.75, 3.05) is 12.0 Å².